The molecule has 1 aromatic carbocycles. The van der Waals surface area contributed by atoms with Gasteiger partial charge in [0.1, 0.15) is 6.61 Å². The number of urea groups is 1. The average Bonchev–Trinajstić information content (AvgIpc) is 2.15. The van der Waals surface area contributed by atoms with E-state index in [0.717, 1.165) is 12.1 Å². The summed E-state index contributed by atoms with van der Waals surface area (Å²) in [5.41, 5.74) is 4.78. The predicted octanol–water partition coefficient (Wildman–Crippen LogP) is 1.01. The summed E-state index contributed by atoms with van der Waals surface area (Å²) in [6, 6.07) is 2.69. The molecule has 0 bridgehead atoms. The fourth-order valence-corrected chi connectivity index (χ4v) is 0.948. The van der Waals surface area contributed by atoms with E-state index in [1.54, 1.807) is 0 Å². The molecule has 0 radical (unpaired) electrons. The smallest absolute Gasteiger partial charge is 0.312 e. The lowest BCUT2D eigenvalue weighted by molar-refractivity contribution is 0.242. The van der Waals surface area contributed by atoms with Crippen molar-refractivity contribution in [3.8, 4) is 5.75 Å². The molecule has 15 heavy (non-hydrogen) atoms. The van der Waals surface area contributed by atoms with Crippen LogP contribution in [0.15, 0.2) is 18.2 Å². The molecule has 0 fully saturated rings. The van der Waals surface area contributed by atoms with Crippen LogP contribution in [0.3, 0.4) is 0 Å². The quantitative estimate of drug-likeness (QED) is 0.738. The van der Waals surface area contributed by atoms with Gasteiger partial charge >= 0.3 is 6.03 Å². The largest absolute Gasteiger partial charge is 0.486 e. The minimum atomic E-state index is -0.783. The molecule has 0 heterocycles. The SMILES string of the molecule is NC(=O)NCCOc1c(F)cccc1F. The van der Waals surface area contributed by atoms with Crippen molar-refractivity contribution in [2.75, 3.05) is 13.2 Å². The number of hydrogen-bond donors (Lipinski definition) is 2. The normalized spacial score (nSPS) is 9.73. The highest BCUT2D eigenvalue weighted by molar-refractivity contribution is 5.71. The van der Waals surface area contributed by atoms with Gasteiger partial charge in [-0.3, -0.25) is 0 Å². The van der Waals surface area contributed by atoms with E-state index in [4.69, 9.17) is 10.5 Å². The Morgan fingerprint density at radius 2 is 2.00 bits per heavy atom. The molecule has 0 saturated heterocycles. The van der Waals surface area contributed by atoms with Crippen LogP contribution in [-0.4, -0.2) is 19.2 Å². The number of benzene rings is 1. The highest BCUT2D eigenvalue weighted by Gasteiger charge is 2.08. The van der Waals surface area contributed by atoms with Gasteiger partial charge in [0.05, 0.1) is 6.54 Å². The molecule has 0 unspecified atom stereocenters. The monoisotopic (exact) mass is 216 g/mol. The van der Waals surface area contributed by atoms with Gasteiger partial charge in [-0.1, -0.05) is 6.07 Å². The molecular weight excluding hydrogens is 206 g/mol. The number of nitrogens with two attached hydrogens (primary N) is 1. The van der Waals surface area contributed by atoms with Gasteiger partial charge in [-0.15, -0.1) is 0 Å². The number of rotatable bonds is 4. The van der Waals surface area contributed by atoms with Crippen molar-refractivity contribution in [1.82, 2.24) is 5.32 Å². The number of hydrogen-bond acceptors (Lipinski definition) is 2. The van der Waals surface area contributed by atoms with Crippen molar-refractivity contribution in [3.63, 3.8) is 0 Å². The molecule has 0 spiro atoms. The Morgan fingerprint density at radius 1 is 1.40 bits per heavy atom. The Labute approximate surface area is 85.0 Å². The summed E-state index contributed by atoms with van der Waals surface area (Å²) < 4.78 is 30.7. The number of amides is 2. The van der Waals surface area contributed by atoms with Crippen molar-refractivity contribution >= 4 is 6.03 Å². The third-order valence-electron chi connectivity index (χ3n) is 1.57. The van der Waals surface area contributed by atoms with Crippen LogP contribution in [0.1, 0.15) is 0 Å². The third kappa shape index (κ3) is 3.41. The Bertz CT molecular complexity index is 338. The maximum atomic E-state index is 13.0. The summed E-state index contributed by atoms with van der Waals surface area (Å²) in [5, 5.41) is 2.22. The predicted molar refractivity (Wildman–Crippen MR) is 49.4 cm³/mol. The molecule has 1 rings (SSSR count). The van der Waals surface area contributed by atoms with Crippen LogP contribution in [0, 0.1) is 11.6 Å². The van der Waals surface area contributed by atoms with Crippen LogP contribution >= 0.6 is 0 Å². The van der Waals surface area contributed by atoms with Crippen LogP contribution in [0.2, 0.25) is 0 Å². The van der Waals surface area contributed by atoms with Gasteiger partial charge in [0.15, 0.2) is 17.4 Å². The minimum absolute atomic E-state index is 0.0548. The first-order valence-electron chi connectivity index (χ1n) is 4.21. The summed E-state index contributed by atoms with van der Waals surface area (Å²) in [6.45, 7) is 0.0316. The van der Waals surface area contributed by atoms with Crippen molar-refractivity contribution < 1.29 is 18.3 Å². The first-order chi connectivity index (χ1) is 7.11. The topological polar surface area (TPSA) is 64.4 Å². The zero-order chi connectivity index (χ0) is 11.3. The minimum Gasteiger partial charge on any atom is -0.486 e. The maximum absolute atomic E-state index is 13.0. The number of nitrogens with one attached hydrogen (secondary N) is 1. The van der Waals surface area contributed by atoms with E-state index in [0.29, 0.717) is 0 Å². The van der Waals surface area contributed by atoms with E-state index in [1.807, 2.05) is 0 Å². The molecule has 0 atom stereocenters. The highest BCUT2D eigenvalue weighted by atomic mass is 19.1. The molecule has 3 N–H and O–H groups in total. The number of carbonyl (C=O) groups excluding carboxylic acids is 1. The van der Waals surface area contributed by atoms with Crippen molar-refractivity contribution in [1.29, 1.82) is 0 Å². The fourth-order valence-electron chi connectivity index (χ4n) is 0.948. The molecule has 4 nitrogen and oxygen atoms in total. The van der Waals surface area contributed by atoms with Gasteiger partial charge in [-0.2, -0.15) is 0 Å². The Morgan fingerprint density at radius 3 is 2.53 bits per heavy atom. The Balaban J connectivity index is 2.47. The van der Waals surface area contributed by atoms with Crippen molar-refractivity contribution in [2.45, 2.75) is 0 Å². The molecule has 0 aliphatic rings. The van der Waals surface area contributed by atoms with E-state index >= 15 is 0 Å². The van der Waals surface area contributed by atoms with E-state index in [2.05, 4.69) is 5.32 Å². The third-order valence-corrected chi connectivity index (χ3v) is 1.57. The average molecular weight is 216 g/mol. The summed E-state index contributed by atoms with van der Waals surface area (Å²) in [4.78, 5) is 10.3. The number of ether oxygens (including phenoxy) is 1. The van der Waals surface area contributed by atoms with E-state index < -0.39 is 23.4 Å². The van der Waals surface area contributed by atoms with Crippen LogP contribution in [0.5, 0.6) is 5.75 Å². The van der Waals surface area contributed by atoms with Gasteiger partial charge in [0.2, 0.25) is 0 Å². The number of carbonyl (C=O) groups is 1. The molecule has 1 aromatic rings. The summed E-state index contributed by atoms with van der Waals surface area (Å²) >= 11 is 0. The zero-order valence-corrected chi connectivity index (χ0v) is 7.80. The maximum Gasteiger partial charge on any atom is 0.312 e. The molecule has 82 valence electrons. The van der Waals surface area contributed by atoms with Crippen LogP contribution in [-0.2, 0) is 0 Å². The lowest BCUT2D eigenvalue weighted by Gasteiger charge is -2.07. The summed E-state index contributed by atoms with van der Waals surface area (Å²) in [5.74, 6) is -2.02. The molecule has 0 aliphatic carbocycles. The molecule has 0 saturated carbocycles. The first-order valence-corrected chi connectivity index (χ1v) is 4.21. The molecule has 0 aromatic heterocycles. The second-order valence-electron chi connectivity index (χ2n) is 2.69. The van der Waals surface area contributed by atoms with Crippen molar-refractivity contribution in [3.05, 3.63) is 29.8 Å². The van der Waals surface area contributed by atoms with Crippen LogP contribution in [0.4, 0.5) is 13.6 Å². The van der Waals surface area contributed by atoms with Crippen molar-refractivity contribution in [2.24, 2.45) is 5.73 Å². The molecular formula is C9H10F2N2O2. The molecule has 2 amide bonds. The highest BCUT2D eigenvalue weighted by Crippen LogP contribution is 2.20. The lowest BCUT2D eigenvalue weighted by Crippen LogP contribution is -2.32. The first kappa shape index (κ1) is 11.2. The van der Waals surface area contributed by atoms with Gasteiger partial charge in [-0.25, -0.2) is 13.6 Å². The second-order valence-corrected chi connectivity index (χ2v) is 2.69. The van der Waals surface area contributed by atoms with E-state index in [-0.39, 0.29) is 13.2 Å². The summed E-state index contributed by atoms with van der Waals surface area (Å²) in [7, 11) is 0. The van der Waals surface area contributed by atoms with E-state index in [9.17, 15) is 13.6 Å². The second kappa shape index (κ2) is 5.14. The van der Waals surface area contributed by atoms with Gasteiger partial charge < -0.3 is 15.8 Å². The number of primary amides is 1. The number of para-hydroxylation sites is 1. The Kier molecular flexibility index (Phi) is 3.84. The van der Waals surface area contributed by atoms with Gasteiger partial charge in [0.25, 0.3) is 0 Å². The lowest BCUT2D eigenvalue weighted by atomic mass is 10.3. The van der Waals surface area contributed by atoms with Gasteiger partial charge in [0, 0.05) is 0 Å². The zero-order valence-electron chi connectivity index (χ0n) is 7.80. The molecule has 0 aliphatic heterocycles. The number of halogens is 2. The van der Waals surface area contributed by atoms with E-state index in [1.165, 1.54) is 6.07 Å². The fraction of sp³-hybridized carbons (Fsp3) is 0.222. The van der Waals surface area contributed by atoms with Crippen LogP contribution in [0.25, 0.3) is 0 Å². The molecule has 6 heteroatoms. The Hall–Kier alpha value is -1.85. The van der Waals surface area contributed by atoms with Gasteiger partial charge in [-0.05, 0) is 12.1 Å². The summed E-state index contributed by atoms with van der Waals surface area (Å²) in [6.07, 6.45) is 0. The van der Waals surface area contributed by atoms with Crippen LogP contribution < -0.4 is 15.8 Å². The standard InChI is InChI=1S/C9H10F2N2O2/c10-6-2-1-3-7(11)8(6)15-5-4-13-9(12)14/h1-3H,4-5H2,(H3,12,13,14).